The number of carbonyl (C=O) groups excluding carboxylic acids is 2. The van der Waals surface area contributed by atoms with Crippen molar-refractivity contribution in [2.75, 3.05) is 17.7 Å². The van der Waals surface area contributed by atoms with Crippen LogP contribution in [0, 0.1) is 13.8 Å². The Hall–Kier alpha value is -3.44. The smallest absolute Gasteiger partial charge is 0.341 e. The van der Waals surface area contributed by atoms with Crippen molar-refractivity contribution in [3.63, 3.8) is 0 Å². The molecule has 5 aromatic rings. The van der Waals surface area contributed by atoms with Gasteiger partial charge in [0.25, 0.3) is 5.56 Å². The Morgan fingerprint density at radius 2 is 1.82 bits per heavy atom. The quantitative estimate of drug-likeness (QED) is 0.112. The van der Waals surface area contributed by atoms with Crippen LogP contribution in [0.2, 0.25) is 5.02 Å². The van der Waals surface area contributed by atoms with Gasteiger partial charge >= 0.3 is 5.97 Å². The molecule has 1 N–H and O–H groups in total. The minimum absolute atomic E-state index is 0.0233. The van der Waals surface area contributed by atoms with Crippen LogP contribution in [-0.2, 0) is 9.53 Å². The standard InChI is InChI=1S/C29H24ClN3O4S3/c1-4-37-28(36)24-21(18-10-12-19(30)13-11-18)14-38-25(24)31-22(34)15-39-29-32-26-23(16(2)17(3)40-26)27(35)33(29)20-8-6-5-7-9-20/h5-14H,4,15H2,1-3H3,(H,31,34). The van der Waals surface area contributed by atoms with Crippen LogP contribution in [0.25, 0.3) is 27.0 Å². The summed E-state index contributed by atoms with van der Waals surface area (Å²) >= 11 is 9.91. The van der Waals surface area contributed by atoms with Gasteiger partial charge in [-0.25, -0.2) is 9.78 Å². The van der Waals surface area contributed by atoms with Crippen molar-refractivity contribution in [2.24, 2.45) is 0 Å². The first kappa shape index (κ1) is 28.1. The van der Waals surface area contributed by atoms with Gasteiger partial charge in [-0.3, -0.25) is 14.2 Å². The molecule has 40 heavy (non-hydrogen) atoms. The van der Waals surface area contributed by atoms with E-state index in [4.69, 9.17) is 21.3 Å². The normalized spacial score (nSPS) is 11.1. The molecule has 3 aromatic heterocycles. The zero-order valence-corrected chi connectivity index (χ0v) is 25.0. The third kappa shape index (κ3) is 5.57. The molecule has 0 spiro atoms. The molecular weight excluding hydrogens is 586 g/mol. The average molecular weight is 610 g/mol. The van der Waals surface area contributed by atoms with Crippen LogP contribution >= 0.6 is 46.0 Å². The summed E-state index contributed by atoms with van der Waals surface area (Å²) in [5.41, 5.74) is 3.14. The molecule has 0 bridgehead atoms. The number of amides is 1. The van der Waals surface area contributed by atoms with Crippen molar-refractivity contribution in [3.05, 3.63) is 91.4 Å². The lowest BCUT2D eigenvalue weighted by atomic mass is 10.0. The van der Waals surface area contributed by atoms with Gasteiger partial charge in [0.05, 0.1) is 23.4 Å². The number of fused-ring (bicyclic) bond motifs is 1. The second-order valence-corrected chi connectivity index (χ2v) is 12.2. The Morgan fingerprint density at radius 1 is 1.10 bits per heavy atom. The number of nitrogens with one attached hydrogen (secondary N) is 1. The molecule has 7 nitrogen and oxygen atoms in total. The SMILES string of the molecule is CCOC(=O)c1c(-c2ccc(Cl)cc2)csc1NC(=O)CSc1nc2sc(C)c(C)c2c(=O)n1-c1ccccc1. The highest BCUT2D eigenvalue weighted by molar-refractivity contribution is 7.99. The lowest BCUT2D eigenvalue weighted by Gasteiger charge is -2.12. The number of hydrogen-bond acceptors (Lipinski definition) is 8. The Balaban J connectivity index is 1.45. The molecule has 0 saturated carbocycles. The molecule has 0 aliphatic rings. The Kier molecular flexibility index (Phi) is 8.41. The monoisotopic (exact) mass is 609 g/mol. The molecule has 204 valence electrons. The van der Waals surface area contributed by atoms with Gasteiger partial charge in [-0.05, 0) is 56.2 Å². The predicted octanol–water partition coefficient (Wildman–Crippen LogP) is 7.35. The summed E-state index contributed by atoms with van der Waals surface area (Å²) in [5, 5.41) is 6.65. The largest absolute Gasteiger partial charge is 0.462 e. The summed E-state index contributed by atoms with van der Waals surface area (Å²) in [6.07, 6.45) is 0. The highest BCUT2D eigenvalue weighted by Crippen LogP contribution is 2.37. The molecule has 0 atom stereocenters. The van der Waals surface area contributed by atoms with E-state index in [9.17, 15) is 14.4 Å². The topological polar surface area (TPSA) is 90.3 Å². The number of aromatic nitrogens is 2. The van der Waals surface area contributed by atoms with Crippen LogP contribution in [0.15, 0.2) is 69.9 Å². The summed E-state index contributed by atoms with van der Waals surface area (Å²) in [5.74, 6) is -0.887. The van der Waals surface area contributed by atoms with Crippen molar-refractivity contribution in [1.82, 2.24) is 9.55 Å². The number of esters is 1. The van der Waals surface area contributed by atoms with Crippen LogP contribution in [0.3, 0.4) is 0 Å². The number of halogens is 1. The zero-order chi connectivity index (χ0) is 28.4. The van der Waals surface area contributed by atoms with E-state index in [-0.39, 0.29) is 29.4 Å². The molecule has 5 rings (SSSR count). The van der Waals surface area contributed by atoms with Gasteiger partial charge in [-0.2, -0.15) is 0 Å². The van der Waals surface area contributed by atoms with E-state index < -0.39 is 5.97 Å². The second kappa shape index (κ2) is 12.0. The molecule has 11 heteroatoms. The Morgan fingerprint density at radius 3 is 2.52 bits per heavy atom. The Labute approximate surface area is 247 Å². The number of thiophene rings is 2. The van der Waals surface area contributed by atoms with Gasteiger partial charge in [-0.1, -0.05) is 53.7 Å². The van der Waals surface area contributed by atoms with Crippen LogP contribution in [0.4, 0.5) is 5.00 Å². The third-order valence-corrected chi connectivity index (χ3v) is 9.38. The van der Waals surface area contributed by atoms with Crippen LogP contribution < -0.4 is 10.9 Å². The van der Waals surface area contributed by atoms with Gasteiger partial charge < -0.3 is 10.1 Å². The fourth-order valence-corrected chi connectivity index (χ4v) is 7.15. The number of nitrogens with zero attached hydrogens (tertiary/aromatic N) is 2. The minimum atomic E-state index is -0.523. The molecule has 0 radical (unpaired) electrons. The number of benzene rings is 2. The van der Waals surface area contributed by atoms with E-state index in [2.05, 4.69) is 5.32 Å². The summed E-state index contributed by atoms with van der Waals surface area (Å²) in [4.78, 5) is 46.1. The molecule has 2 aromatic carbocycles. The summed E-state index contributed by atoms with van der Waals surface area (Å²) < 4.78 is 6.84. The number of carbonyl (C=O) groups is 2. The highest BCUT2D eigenvalue weighted by Gasteiger charge is 2.24. The van der Waals surface area contributed by atoms with E-state index >= 15 is 0 Å². The van der Waals surface area contributed by atoms with Crippen molar-refractivity contribution in [1.29, 1.82) is 0 Å². The third-order valence-electron chi connectivity index (χ3n) is 6.20. The average Bonchev–Trinajstić information content (AvgIpc) is 3.48. The van der Waals surface area contributed by atoms with E-state index in [0.717, 1.165) is 27.8 Å². The van der Waals surface area contributed by atoms with Crippen LogP contribution in [-0.4, -0.2) is 33.8 Å². The molecule has 1 amide bonds. The second-order valence-electron chi connectivity index (χ2n) is 8.75. The molecule has 0 unspecified atom stereocenters. The summed E-state index contributed by atoms with van der Waals surface area (Å²) in [6, 6.07) is 16.4. The van der Waals surface area contributed by atoms with Crippen molar-refractivity contribution in [3.8, 4) is 16.8 Å². The first-order chi connectivity index (χ1) is 19.3. The van der Waals surface area contributed by atoms with Crippen molar-refractivity contribution < 1.29 is 14.3 Å². The summed E-state index contributed by atoms with van der Waals surface area (Å²) in [6.45, 7) is 5.82. The maximum atomic E-state index is 13.6. The maximum Gasteiger partial charge on any atom is 0.341 e. The highest BCUT2D eigenvalue weighted by atomic mass is 35.5. The Bertz CT molecular complexity index is 1780. The van der Waals surface area contributed by atoms with Crippen molar-refractivity contribution >= 4 is 73.1 Å². The lowest BCUT2D eigenvalue weighted by Crippen LogP contribution is -2.23. The van der Waals surface area contributed by atoms with Crippen LogP contribution in [0.1, 0.15) is 27.7 Å². The van der Waals surface area contributed by atoms with E-state index in [1.165, 1.54) is 22.7 Å². The first-order valence-corrected chi connectivity index (χ1v) is 15.4. The molecule has 0 fully saturated rings. The molecule has 0 saturated heterocycles. The molecule has 3 heterocycles. The first-order valence-electron chi connectivity index (χ1n) is 12.3. The van der Waals surface area contributed by atoms with Gasteiger partial charge in [0.15, 0.2) is 5.16 Å². The van der Waals surface area contributed by atoms with Gasteiger partial charge in [0, 0.05) is 20.8 Å². The van der Waals surface area contributed by atoms with Crippen LogP contribution in [0.5, 0.6) is 0 Å². The number of anilines is 1. The van der Waals surface area contributed by atoms with E-state index in [1.54, 1.807) is 23.6 Å². The van der Waals surface area contributed by atoms with E-state index in [0.29, 0.717) is 36.6 Å². The number of ether oxygens (including phenoxy) is 1. The number of aryl methyl sites for hydroxylation is 2. The fourth-order valence-electron chi connectivity index (χ4n) is 4.17. The van der Waals surface area contributed by atoms with Gasteiger partial charge in [0.1, 0.15) is 15.4 Å². The number of para-hydroxylation sites is 1. The lowest BCUT2D eigenvalue weighted by molar-refractivity contribution is -0.113. The molecular formula is C29H24ClN3O4S3. The molecule has 0 aliphatic heterocycles. The molecule has 0 aliphatic carbocycles. The van der Waals surface area contributed by atoms with Crippen molar-refractivity contribution in [2.45, 2.75) is 25.9 Å². The predicted molar refractivity (Wildman–Crippen MR) is 165 cm³/mol. The maximum absolute atomic E-state index is 13.6. The van der Waals surface area contributed by atoms with Gasteiger partial charge in [0.2, 0.25) is 5.91 Å². The van der Waals surface area contributed by atoms with Gasteiger partial charge in [-0.15, -0.1) is 22.7 Å². The summed E-state index contributed by atoms with van der Waals surface area (Å²) in [7, 11) is 0. The number of rotatable bonds is 8. The zero-order valence-electron chi connectivity index (χ0n) is 21.8. The number of thioether (sulfide) groups is 1. The van der Waals surface area contributed by atoms with E-state index in [1.807, 2.05) is 61.7 Å². The number of hydrogen-bond donors (Lipinski definition) is 1. The fraction of sp³-hybridized carbons (Fsp3) is 0.172. The minimum Gasteiger partial charge on any atom is -0.462 e.